The molecule has 0 spiro atoms. The van der Waals surface area contributed by atoms with Crippen molar-refractivity contribution in [2.75, 3.05) is 0 Å². The van der Waals surface area contributed by atoms with Crippen molar-refractivity contribution in [3.63, 3.8) is 0 Å². The van der Waals surface area contributed by atoms with Gasteiger partial charge in [-0.05, 0) is 28.1 Å². The summed E-state index contributed by atoms with van der Waals surface area (Å²) >= 11 is 9.40. The zero-order chi connectivity index (χ0) is 14.2. The molecule has 0 aliphatic rings. The van der Waals surface area contributed by atoms with Gasteiger partial charge in [-0.2, -0.15) is 0 Å². The van der Waals surface area contributed by atoms with Crippen molar-refractivity contribution >= 4 is 27.5 Å². The van der Waals surface area contributed by atoms with Crippen molar-refractivity contribution in [1.29, 1.82) is 0 Å². The summed E-state index contributed by atoms with van der Waals surface area (Å²) in [7, 11) is 0. The molecule has 100 valence electrons. The SMILES string of the molecule is CC(C)(C)c1cc(=O)[nH]c(-c2ccc(Br)c(Cl)c2)n1. The Morgan fingerprint density at radius 3 is 2.53 bits per heavy atom. The van der Waals surface area contributed by atoms with E-state index in [1.54, 1.807) is 6.07 Å². The van der Waals surface area contributed by atoms with Crippen molar-refractivity contribution in [1.82, 2.24) is 9.97 Å². The van der Waals surface area contributed by atoms with E-state index in [1.807, 2.05) is 32.9 Å². The monoisotopic (exact) mass is 340 g/mol. The minimum atomic E-state index is -0.178. The zero-order valence-corrected chi connectivity index (χ0v) is 13.3. The molecule has 0 atom stereocenters. The summed E-state index contributed by atoms with van der Waals surface area (Å²) in [6.07, 6.45) is 0. The lowest BCUT2D eigenvalue weighted by atomic mass is 9.92. The number of rotatable bonds is 1. The molecule has 0 radical (unpaired) electrons. The Kier molecular flexibility index (Phi) is 3.83. The maximum absolute atomic E-state index is 11.7. The largest absolute Gasteiger partial charge is 0.307 e. The molecule has 0 amide bonds. The first kappa shape index (κ1) is 14.3. The van der Waals surface area contributed by atoms with Crippen LogP contribution in [-0.2, 0) is 5.41 Å². The Balaban J connectivity index is 2.59. The molecule has 2 aromatic rings. The van der Waals surface area contributed by atoms with Crippen LogP contribution in [0.4, 0.5) is 0 Å². The Morgan fingerprint density at radius 2 is 1.95 bits per heavy atom. The fraction of sp³-hybridized carbons (Fsp3) is 0.286. The number of H-pyrrole nitrogens is 1. The Labute approximate surface area is 125 Å². The molecule has 1 aromatic heterocycles. The highest BCUT2D eigenvalue weighted by atomic mass is 79.9. The fourth-order valence-electron chi connectivity index (χ4n) is 1.62. The van der Waals surface area contributed by atoms with E-state index < -0.39 is 0 Å². The molecule has 3 nitrogen and oxygen atoms in total. The van der Waals surface area contributed by atoms with Crippen LogP contribution in [-0.4, -0.2) is 9.97 Å². The van der Waals surface area contributed by atoms with E-state index in [0.717, 1.165) is 15.7 Å². The summed E-state index contributed by atoms with van der Waals surface area (Å²) in [6.45, 7) is 6.06. The third-order valence-corrected chi connectivity index (χ3v) is 3.94. The van der Waals surface area contributed by atoms with Gasteiger partial charge in [0.25, 0.3) is 5.56 Å². The van der Waals surface area contributed by atoms with Crippen molar-refractivity contribution in [2.24, 2.45) is 0 Å². The van der Waals surface area contributed by atoms with Crippen LogP contribution in [0.15, 0.2) is 33.5 Å². The predicted octanol–water partition coefficient (Wildman–Crippen LogP) is 4.15. The first-order chi connectivity index (χ1) is 8.77. The molecule has 0 aliphatic heterocycles. The van der Waals surface area contributed by atoms with Gasteiger partial charge in [0, 0.05) is 21.5 Å². The molecule has 0 saturated carbocycles. The van der Waals surface area contributed by atoms with Gasteiger partial charge in [0.05, 0.1) is 10.7 Å². The van der Waals surface area contributed by atoms with Crippen molar-refractivity contribution in [2.45, 2.75) is 26.2 Å². The maximum Gasteiger partial charge on any atom is 0.251 e. The topological polar surface area (TPSA) is 45.8 Å². The molecule has 0 bridgehead atoms. The highest BCUT2D eigenvalue weighted by Gasteiger charge is 2.17. The summed E-state index contributed by atoms with van der Waals surface area (Å²) in [5.41, 5.74) is 1.21. The first-order valence-electron chi connectivity index (χ1n) is 5.84. The van der Waals surface area contributed by atoms with Crippen LogP contribution in [0.1, 0.15) is 26.5 Å². The lowest BCUT2D eigenvalue weighted by molar-refractivity contribution is 0.566. The average Bonchev–Trinajstić information content (AvgIpc) is 2.31. The summed E-state index contributed by atoms with van der Waals surface area (Å²) in [6, 6.07) is 7.00. The summed E-state index contributed by atoms with van der Waals surface area (Å²) in [5, 5.41) is 0.585. The third-order valence-electron chi connectivity index (χ3n) is 2.70. The molecule has 1 N–H and O–H groups in total. The number of hydrogen-bond acceptors (Lipinski definition) is 2. The van der Waals surface area contributed by atoms with Crippen LogP contribution < -0.4 is 5.56 Å². The van der Waals surface area contributed by atoms with E-state index in [-0.39, 0.29) is 11.0 Å². The quantitative estimate of drug-likeness (QED) is 0.847. The highest BCUT2D eigenvalue weighted by Crippen LogP contribution is 2.28. The number of aromatic amines is 1. The molecule has 0 saturated heterocycles. The molecule has 5 heteroatoms. The number of nitrogens with one attached hydrogen (secondary N) is 1. The van der Waals surface area contributed by atoms with Crippen molar-refractivity contribution in [3.8, 4) is 11.4 Å². The molecular formula is C14H14BrClN2O. The summed E-state index contributed by atoms with van der Waals surface area (Å²) in [4.78, 5) is 19.0. The van der Waals surface area contributed by atoms with Crippen LogP contribution in [0.25, 0.3) is 11.4 Å². The van der Waals surface area contributed by atoms with Gasteiger partial charge in [-0.1, -0.05) is 38.4 Å². The smallest absolute Gasteiger partial charge is 0.251 e. The Bertz CT molecular complexity index is 674. The van der Waals surface area contributed by atoms with Crippen LogP contribution in [0.3, 0.4) is 0 Å². The number of benzene rings is 1. The minimum absolute atomic E-state index is 0.158. The summed E-state index contributed by atoms with van der Waals surface area (Å²) < 4.78 is 0.812. The van der Waals surface area contributed by atoms with Gasteiger partial charge in [-0.3, -0.25) is 4.79 Å². The molecule has 1 heterocycles. The molecular weight excluding hydrogens is 328 g/mol. The van der Waals surface area contributed by atoms with E-state index in [9.17, 15) is 4.79 Å². The number of hydrogen-bond donors (Lipinski definition) is 1. The van der Waals surface area contributed by atoms with Crippen LogP contribution in [0.5, 0.6) is 0 Å². The first-order valence-corrected chi connectivity index (χ1v) is 7.02. The van der Waals surface area contributed by atoms with Gasteiger partial charge in [-0.15, -0.1) is 0 Å². The highest BCUT2D eigenvalue weighted by molar-refractivity contribution is 9.10. The molecule has 19 heavy (non-hydrogen) atoms. The normalized spacial score (nSPS) is 11.6. The Morgan fingerprint density at radius 1 is 1.26 bits per heavy atom. The lowest BCUT2D eigenvalue weighted by Gasteiger charge is -2.17. The van der Waals surface area contributed by atoms with Gasteiger partial charge < -0.3 is 4.98 Å². The maximum atomic E-state index is 11.7. The van der Waals surface area contributed by atoms with E-state index in [4.69, 9.17) is 11.6 Å². The number of aromatic nitrogens is 2. The zero-order valence-electron chi connectivity index (χ0n) is 10.9. The van der Waals surface area contributed by atoms with E-state index in [2.05, 4.69) is 25.9 Å². The van der Waals surface area contributed by atoms with Crippen LogP contribution in [0, 0.1) is 0 Å². The van der Waals surface area contributed by atoms with E-state index in [0.29, 0.717) is 10.8 Å². The third kappa shape index (κ3) is 3.25. The molecule has 0 fully saturated rings. The van der Waals surface area contributed by atoms with Gasteiger partial charge in [0.1, 0.15) is 5.82 Å². The second kappa shape index (κ2) is 5.10. The molecule has 1 aromatic carbocycles. The number of nitrogens with zero attached hydrogens (tertiary/aromatic N) is 1. The molecule has 2 rings (SSSR count). The Hall–Kier alpha value is -1.13. The van der Waals surface area contributed by atoms with Crippen molar-refractivity contribution in [3.05, 3.63) is 49.8 Å². The van der Waals surface area contributed by atoms with Gasteiger partial charge in [-0.25, -0.2) is 4.98 Å². The van der Waals surface area contributed by atoms with Crippen LogP contribution >= 0.6 is 27.5 Å². The predicted molar refractivity (Wildman–Crippen MR) is 81.7 cm³/mol. The summed E-state index contributed by atoms with van der Waals surface area (Å²) in [5.74, 6) is 0.534. The van der Waals surface area contributed by atoms with E-state index in [1.165, 1.54) is 6.07 Å². The fourth-order valence-corrected chi connectivity index (χ4v) is 2.05. The van der Waals surface area contributed by atoms with Crippen molar-refractivity contribution < 1.29 is 0 Å². The average molecular weight is 342 g/mol. The molecule has 0 aliphatic carbocycles. The minimum Gasteiger partial charge on any atom is -0.307 e. The lowest BCUT2D eigenvalue weighted by Crippen LogP contribution is -2.19. The van der Waals surface area contributed by atoms with Gasteiger partial charge in [0.15, 0.2) is 0 Å². The second-order valence-corrected chi connectivity index (χ2v) is 6.62. The van der Waals surface area contributed by atoms with Gasteiger partial charge in [0.2, 0.25) is 0 Å². The standard InChI is InChI=1S/C14H14BrClN2O/c1-14(2,3)11-7-12(19)18-13(17-11)8-4-5-9(15)10(16)6-8/h4-7H,1-3H3,(H,17,18,19). The number of halogens is 2. The van der Waals surface area contributed by atoms with Crippen LogP contribution in [0.2, 0.25) is 5.02 Å². The second-order valence-electron chi connectivity index (χ2n) is 5.36. The van der Waals surface area contributed by atoms with E-state index >= 15 is 0 Å². The molecule has 0 unspecified atom stereocenters. The van der Waals surface area contributed by atoms with Gasteiger partial charge >= 0.3 is 0 Å².